The van der Waals surface area contributed by atoms with Crippen molar-refractivity contribution in [2.24, 2.45) is 0 Å². The minimum Gasteiger partial charge on any atom is -0.0840 e. The van der Waals surface area contributed by atoms with Gasteiger partial charge in [-0.05, 0) is 171 Å². The van der Waals surface area contributed by atoms with Crippen LogP contribution in [0.3, 0.4) is 0 Å². The molecule has 0 unspecified atom stereocenters. The van der Waals surface area contributed by atoms with Crippen LogP contribution in [-0.2, 0) is 10.8 Å². The zero-order valence-corrected chi connectivity index (χ0v) is 35.3. The summed E-state index contributed by atoms with van der Waals surface area (Å²) < 4.78 is 0. The maximum absolute atomic E-state index is 7.54. The molecule has 0 fully saturated rings. The minimum absolute atomic E-state index is 0.530. The summed E-state index contributed by atoms with van der Waals surface area (Å²) in [6.45, 7) is 13.1. The van der Waals surface area contributed by atoms with Gasteiger partial charge in [0.2, 0.25) is 0 Å². The third-order valence-electron chi connectivity index (χ3n) is 13.6. The van der Waals surface area contributed by atoms with Gasteiger partial charge in [-0.2, -0.15) is 0 Å². The topological polar surface area (TPSA) is 0 Å². The zero-order chi connectivity index (χ0) is 40.1. The van der Waals surface area contributed by atoms with E-state index in [0.29, 0.717) is 0 Å². The van der Waals surface area contributed by atoms with Crippen molar-refractivity contribution < 1.29 is 0 Å². The van der Waals surface area contributed by atoms with Crippen LogP contribution in [0, 0.1) is 41.5 Å². The number of halogens is 2. The van der Waals surface area contributed by atoms with E-state index in [1.165, 1.54) is 83.5 Å². The van der Waals surface area contributed by atoms with Crippen molar-refractivity contribution in [3.8, 4) is 33.4 Å². The Kier molecular flexibility index (Phi) is 8.50. The molecule has 0 aliphatic heterocycles. The maximum Gasteiger partial charge on any atom is 0.0714 e. The van der Waals surface area contributed by atoms with Crippen molar-refractivity contribution in [3.63, 3.8) is 0 Å². The van der Waals surface area contributed by atoms with E-state index in [0.717, 1.165) is 37.9 Å². The van der Waals surface area contributed by atoms with Crippen LogP contribution in [0.2, 0.25) is 10.0 Å². The van der Waals surface area contributed by atoms with E-state index in [1.807, 2.05) is 0 Å². The molecular formula is C56H44Cl2. The van der Waals surface area contributed by atoms with E-state index in [1.54, 1.807) is 0 Å². The number of rotatable bonds is 5. The maximum atomic E-state index is 7.54. The van der Waals surface area contributed by atoms with E-state index < -0.39 is 10.8 Å². The molecule has 0 radical (unpaired) electrons. The second kappa shape index (κ2) is 13.5. The second-order valence-corrected chi connectivity index (χ2v) is 17.4. The van der Waals surface area contributed by atoms with Gasteiger partial charge in [0.25, 0.3) is 0 Å². The average Bonchev–Trinajstić information content (AvgIpc) is 3.71. The van der Waals surface area contributed by atoms with Gasteiger partial charge in [-0.25, -0.2) is 0 Å². The Balaban J connectivity index is 1.31. The molecule has 282 valence electrons. The van der Waals surface area contributed by atoms with Crippen molar-refractivity contribution in [2.45, 2.75) is 52.4 Å². The van der Waals surface area contributed by atoms with Crippen LogP contribution in [-0.4, -0.2) is 0 Å². The van der Waals surface area contributed by atoms with Crippen molar-refractivity contribution in [1.29, 1.82) is 0 Å². The monoisotopic (exact) mass is 786 g/mol. The standard InChI is InChI=1S/C56H44Cl2/c1-33-22-25-39(28-36(33)4)55(40-26-23-34(2)37(5)29-40)50-20-12-9-16-46(50)54-45(17-13-21-51(54)55)47-30-42(32-53(58)38(47)6)56(41-27-24-35(3)52(57)31-41)48-18-10-7-14-43(48)44-15-8-11-19-49(44)56/h7-32H,1-6H3. The third-order valence-corrected chi connectivity index (χ3v) is 14.4. The van der Waals surface area contributed by atoms with Crippen molar-refractivity contribution >= 4 is 23.2 Å². The molecule has 58 heavy (non-hydrogen) atoms. The number of hydrogen-bond acceptors (Lipinski definition) is 0. The lowest BCUT2D eigenvalue weighted by Crippen LogP contribution is -2.29. The largest absolute Gasteiger partial charge is 0.0840 e. The highest BCUT2D eigenvalue weighted by Crippen LogP contribution is 2.61. The average molecular weight is 788 g/mol. The smallest absolute Gasteiger partial charge is 0.0714 e. The molecule has 0 amide bonds. The van der Waals surface area contributed by atoms with Gasteiger partial charge in [0, 0.05) is 10.0 Å². The van der Waals surface area contributed by atoms with Crippen LogP contribution in [0.1, 0.15) is 77.9 Å². The molecule has 2 aliphatic rings. The molecule has 10 rings (SSSR count). The fourth-order valence-electron chi connectivity index (χ4n) is 10.3. The molecule has 0 saturated carbocycles. The van der Waals surface area contributed by atoms with E-state index in [9.17, 15) is 0 Å². The molecule has 0 atom stereocenters. The molecule has 8 aromatic carbocycles. The molecule has 2 heteroatoms. The summed E-state index contributed by atoms with van der Waals surface area (Å²) >= 11 is 14.6. The van der Waals surface area contributed by atoms with Crippen LogP contribution >= 0.6 is 23.2 Å². The Bertz CT molecular complexity index is 2900. The summed E-state index contributed by atoms with van der Waals surface area (Å²) in [7, 11) is 0. The van der Waals surface area contributed by atoms with E-state index in [-0.39, 0.29) is 0 Å². The first kappa shape index (κ1) is 36.7. The number of fused-ring (bicyclic) bond motifs is 6. The normalized spacial score (nSPS) is 14.1. The van der Waals surface area contributed by atoms with Gasteiger partial charge >= 0.3 is 0 Å². The van der Waals surface area contributed by atoms with Gasteiger partial charge < -0.3 is 0 Å². The Hall–Kier alpha value is -5.66. The first-order valence-electron chi connectivity index (χ1n) is 20.2. The predicted molar refractivity (Wildman–Crippen MR) is 245 cm³/mol. The van der Waals surface area contributed by atoms with Crippen LogP contribution in [0.4, 0.5) is 0 Å². The van der Waals surface area contributed by atoms with Crippen LogP contribution in [0.25, 0.3) is 33.4 Å². The van der Waals surface area contributed by atoms with E-state index in [2.05, 4.69) is 199 Å². The molecule has 0 heterocycles. The highest BCUT2D eigenvalue weighted by Gasteiger charge is 2.49. The van der Waals surface area contributed by atoms with Crippen LogP contribution in [0.5, 0.6) is 0 Å². The Labute approximate surface area is 352 Å². The molecule has 0 aromatic heterocycles. The third kappa shape index (κ3) is 5.01. The highest BCUT2D eigenvalue weighted by molar-refractivity contribution is 6.32. The van der Waals surface area contributed by atoms with E-state index >= 15 is 0 Å². The molecule has 8 aromatic rings. The van der Waals surface area contributed by atoms with Crippen LogP contribution in [0.15, 0.2) is 158 Å². The zero-order valence-electron chi connectivity index (χ0n) is 33.8. The lowest BCUT2D eigenvalue weighted by Gasteiger charge is -2.35. The fourth-order valence-corrected chi connectivity index (χ4v) is 10.7. The van der Waals surface area contributed by atoms with Gasteiger partial charge in [-0.15, -0.1) is 0 Å². The van der Waals surface area contributed by atoms with Crippen LogP contribution < -0.4 is 0 Å². The van der Waals surface area contributed by atoms with E-state index in [4.69, 9.17) is 23.2 Å². The molecular weight excluding hydrogens is 744 g/mol. The van der Waals surface area contributed by atoms with Crippen molar-refractivity contribution in [1.82, 2.24) is 0 Å². The number of aryl methyl sites for hydroxylation is 5. The van der Waals surface area contributed by atoms with Gasteiger partial charge in [-0.1, -0.05) is 163 Å². The molecule has 0 bridgehead atoms. The lowest BCUT2D eigenvalue weighted by molar-refractivity contribution is 0.765. The molecule has 0 nitrogen and oxygen atoms in total. The molecule has 0 N–H and O–H groups in total. The van der Waals surface area contributed by atoms with Crippen molar-refractivity contribution in [2.75, 3.05) is 0 Å². The summed E-state index contributed by atoms with van der Waals surface area (Å²) in [6, 6.07) is 59.0. The SMILES string of the molecule is Cc1ccc(C2(c3ccc(C)c(C)c3)c3ccccc3-c3c(-c4cc(C5(c6ccc(C)c(Cl)c6)c6ccccc6-c6ccccc65)cc(Cl)c4C)cccc32)cc1C. The quantitative estimate of drug-likeness (QED) is 0.163. The minimum atomic E-state index is -0.658. The lowest BCUT2D eigenvalue weighted by atomic mass is 9.66. The van der Waals surface area contributed by atoms with Gasteiger partial charge in [0.15, 0.2) is 0 Å². The summed E-state index contributed by atoms with van der Waals surface area (Å²) in [6.07, 6.45) is 0. The summed E-state index contributed by atoms with van der Waals surface area (Å²) in [5, 5.41) is 1.49. The van der Waals surface area contributed by atoms with Gasteiger partial charge in [-0.3, -0.25) is 0 Å². The Morgan fingerprint density at radius 2 is 0.741 bits per heavy atom. The fraction of sp³-hybridized carbons (Fsp3) is 0.143. The first-order chi connectivity index (χ1) is 28.1. The Morgan fingerprint density at radius 1 is 0.310 bits per heavy atom. The first-order valence-corrected chi connectivity index (χ1v) is 21.0. The number of hydrogen-bond donors (Lipinski definition) is 0. The summed E-state index contributed by atoms with van der Waals surface area (Å²) in [5.74, 6) is 0. The summed E-state index contributed by atoms with van der Waals surface area (Å²) in [4.78, 5) is 0. The van der Waals surface area contributed by atoms with Gasteiger partial charge in [0.1, 0.15) is 0 Å². The second-order valence-electron chi connectivity index (χ2n) is 16.6. The molecule has 2 aliphatic carbocycles. The predicted octanol–water partition coefficient (Wildman–Crippen LogP) is 15.2. The summed E-state index contributed by atoms with van der Waals surface area (Å²) in [5.41, 5.74) is 23.2. The van der Waals surface area contributed by atoms with Gasteiger partial charge in [0.05, 0.1) is 10.8 Å². The van der Waals surface area contributed by atoms with Crippen molar-refractivity contribution in [3.05, 3.63) is 246 Å². The molecule has 0 spiro atoms. The number of benzene rings is 8. The molecule has 0 saturated heterocycles. The highest BCUT2D eigenvalue weighted by atomic mass is 35.5. The Morgan fingerprint density at radius 3 is 1.29 bits per heavy atom.